The van der Waals surface area contributed by atoms with Crippen LogP contribution in [0.15, 0.2) is 29.2 Å². The molecule has 2 amide bonds. The summed E-state index contributed by atoms with van der Waals surface area (Å²) in [5, 5.41) is 0. The molecule has 9 heteroatoms. The summed E-state index contributed by atoms with van der Waals surface area (Å²) in [5.41, 5.74) is 1.02. The average Bonchev–Trinajstić information content (AvgIpc) is 2.82. The first-order chi connectivity index (χ1) is 15.7. The molecular weight excluding hydrogens is 440 g/mol. The maximum absolute atomic E-state index is 12.9. The van der Waals surface area contributed by atoms with Crippen LogP contribution in [0.4, 0.5) is 0 Å². The van der Waals surface area contributed by atoms with E-state index < -0.39 is 10.0 Å². The van der Waals surface area contributed by atoms with Crippen LogP contribution in [-0.2, 0) is 19.6 Å². The van der Waals surface area contributed by atoms with Crippen LogP contribution in [-0.4, -0.2) is 98.6 Å². The van der Waals surface area contributed by atoms with E-state index in [0.717, 1.165) is 24.9 Å². The average molecular weight is 479 g/mol. The highest BCUT2D eigenvalue weighted by atomic mass is 32.2. The molecule has 0 aliphatic carbocycles. The second-order valence-corrected chi connectivity index (χ2v) is 11.2. The van der Waals surface area contributed by atoms with Crippen molar-refractivity contribution in [2.45, 2.75) is 44.4 Å². The Morgan fingerprint density at radius 3 is 2.18 bits per heavy atom. The summed E-state index contributed by atoms with van der Waals surface area (Å²) < 4.78 is 27.2. The highest BCUT2D eigenvalue weighted by molar-refractivity contribution is 7.89. The Kier molecular flexibility index (Phi) is 8.89. The Balaban J connectivity index is 1.43. The lowest BCUT2D eigenvalue weighted by Crippen LogP contribution is -2.52. The third kappa shape index (κ3) is 6.55. The van der Waals surface area contributed by atoms with Crippen molar-refractivity contribution in [3.05, 3.63) is 29.8 Å². The Morgan fingerprint density at radius 2 is 1.61 bits per heavy atom. The van der Waals surface area contributed by atoms with E-state index in [9.17, 15) is 18.0 Å². The molecule has 0 atom stereocenters. The van der Waals surface area contributed by atoms with Gasteiger partial charge in [0.1, 0.15) is 0 Å². The number of piperazine rings is 1. The molecule has 1 aromatic rings. The van der Waals surface area contributed by atoms with Gasteiger partial charge in [-0.1, -0.05) is 31.0 Å². The zero-order chi connectivity index (χ0) is 24.0. The Morgan fingerprint density at radius 1 is 1.00 bits per heavy atom. The summed E-state index contributed by atoms with van der Waals surface area (Å²) in [7, 11) is -1.63. The third-order valence-electron chi connectivity index (χ3n) is 6.77. The molecule has 1 aromatic carbocycles. The molecule has 0 spiro atoms. The zero-order valence-electron chi connectivity index (χ0n) is 20.2. The second kappa shape index (κ2) is 11.4. The van der Waals surface area contributed by atoms with E-state index in [1.807, 2.05) is 40.8 Å². The Bertz CT molecular complexity index is 903. The maximum Gasteiger partial charge on any atom is 0.243 e. The number of nitrogens with zero attached hydrogens (tertiary/aromatic N) is 4. The number of sulfonamides is 1. The molecule has 0 radical (unpaired) electrons. The molecule has 0 aromatic heterocycles. The number of amides is 2. The van der Waals surface area contributed by atoms with Crippen LogP contribution in [0.2, 0.25) is 0 Å². The molecule has 184 valence electrons. The first-order valence-corrected chi connectivity index (χ1v) is 13.5. The molecule has 3 rings (SSSR count). The standard InChI is InChI=1S/C24H38N4O4S/c1-4-5-12-25(3)24(30)21-10-13-27(14-11-21)23(29)19-26-15-17-28(18-16-26)33(31,32)22-8-6-20(2)7-9-22/h6-9,21H,4-5,10-19H2,1-3H3. The van der Waals surface area contributed by atoms with Gasteiger partial charge >= 0.3 is 0 Å². The second-order valence-electron chi connectivity index (χ2n) is 9.26. The smallest absolute Gasteiger partial charge is 0.243 e. The lowest BCUT2D eigenvalue weighted by molar-refractivity contribution is -0.140. The van der Waals surface area contributed by atoms with Gasteiger partial charge in [0.15, 0.2) is 0 Å². The summed E-state index contributed by atoms with van der Waals surface area (Å²) in [6, 6.07) is 6.91. The molecule has 2 saturated heterocycles. The number of likely N-dealkylation sites (tertiary alicyclic amines) is 1. The fraction of sp³-hybridized carbons (Fsp3) is 0.667. The first kappa shape index (κ1) is 25.6. The van der Waals surface area contributed by atoms with Crippen LogP contribution in [0.1, 0.15) is 38.2 Å². The molecular formula is C24H38N4O4S. The van der Waals surface area contributed by atoms with Crippen LogP contribution in [0.5, 0.6) is 0 Å². The number of hydrogen-bond acceptors (Lipinski definition) is 5. The van der Waals surface area contributed by atoms with Gasteiger partial charge in [0.2, 0.25) is 21.8 Å². The molecule has 2 aliphatic rings. The normalized spacial score (nSPS) is 18.9. The van der Waals surface area contributed by atoms with Gasteiger partial charge in [0, 0.05) is 58.8 Å². The highest BCUT2D eigenvalue weighted by Gasteiger charge is 2.32. The van der Waals surface area contributed by atoms with Crippen molar-refractivity contribution in [3.8, 4) is 0 Å². The predicted octanol–water partition coefficient (Wildman–Crippen LogP) is 1.80. The van der Waals surface area contributed by atoms with Crippen LogP contribution < -0.4 is 0 Å². The molecule has 0 N–H and O–H groups in total. The quantitative estimate of drug-likeness (QED) is 0.569. The van der Waals surface area contributed by atoms with E-state index in [4.69, 9.17) is 0 Å². The predicted molar refractivity (Wildman–Crippen MR) is 128 cm³/mol. The molecule has 33 heavy (non-hydrogen) atoms. The molecule has 2 aliphatic heterocycles. The zero-order valence-corrected chi connectivity index (χ0v) is 21.0. The van der Waals surface area contributed by atoms with Gasteiger partial charge in [-0.15, -0.1) is 0 Å². The number of aryl methyl sites for hydroxylation is 1. The van der Waals surface area contributed by atoms with Crippen molar-refractivity contribution >= 4 is 21.8 Å². The van der Waals surface area contributed by atoms with E-state index in [1.165, 1.54) is 4.31 Å². The summed E-state index contributed by atoms with van der Waals surface area (Å²) in [4.78, 5) is 31.4. The van der Waals surface area contributed by atoms with E-state index in [1.54, 1.807) is 12.1 Å². The Hall–Kier alpha value is -1.97. The van der Waals surface area contributed by atoms with E-state index in [0.29, 0.717) is 63.6 Å². The van der Waals surface area contributed by atoms with E-state index in [-0.39, 0.29) is 17.7 Å². The van der Waals surface area contributed by atoms with Crippen LogP contribution in [0.25, 0.3) is 0 Å². The van der Waals surface area contributed by atoms with Crippen LogP contribution >= 0.6 is 0 Å². The molecule has 0 bridgehead atoms. The third-order valence-corrected chi connectivity index (χ3v) is 8.68. The van der Waals surface area contributed by atoms with Crippen molar-refractivity contribution in [3.63, 3.8) is 0 Å². The topological polar surface area (TPSA) is 81.2 Å². The fourth-order valence-electron chi connectivity index (χ4n) is 4.47. The molecule has 0 saturated carbocycles. The molecule has 2 heterocycles. The Labute approximate surface area is 198 Å². The van der Waals surface area contributed by atoms with Gasteiger partial charge in [0.25, 0.3) is 0 Å². The lowest BCUT2D eigenvalue weighted by Gasteiger charge is -2.37. The van der Waals surface area contributed by atoms with Crippen LogP contribution in [0.3, 0.4) is 0 Å². The van der Waals surface area contributed by atoms with Crippen molar-refractivity contribution in [1.29, 1.82) is 0 Å². The molecule has 0 unspecified atom stereocenters. The van der Waals surface area contributed by atoms with E-state index >= 15 is 0 Å². The number of hydrogen-bond donors (Lipinski definition) is 0. The summed E-state index contributed by atoms with van der Waals surface area (Å²) in [6.07, 6.45) is 3.50. The minimum atomic E-state index is -3.50. The van der Waals surface area contributed by atoms with Gasteiger partial charge in [-0.05, 0) is 38.3 Å². The first-order valence-electron chi connectivity index (χ1n) is 12.0. The lowest BCUT2D eigenvalue weighted by atomic mass is 9.95. The number of rotatable bonds is 8. The van der Waals surface area contributed by atoms with Gasteiger partial charge < -0.3 is 9.80 Å². The van der Waals surface area contributed by atoms with Crippen LogP contribution in [0, 0.1) is 12.8 Å². The maximum atomic E-state index is 12.9. The number of benzene rings is 1. The minimum Gasteiger partial charge on any atom is -0.346 e. The van der Waals surface area contributed by atoms with Crippen molar-refractivity contribution in [2.75, 3.05) is 59.4 Å². The number of carbonyl (C=O) groups excluding carboxylic acids is 2. The SMILES string of the molecule is CCCCN(C)C(=O)C1CCN(C(=O)CN2CCN(S(=O)(=O)c3ccc(C)cc3)CC2)CC1. The molecule has 8 nitrogen and oxygen atoms in total. The summed E-state index contributed by atoms with van der Waals surface area (Å²) >= 11 is 0. The summed E-state index contributed by atoms with van der Waals surface area (Å²) in [6.45, 7) is 8.19. The summed E-state index contributed by atoms with van der Waals surface area (Å²) in [5.74, 6) is 0.267. The van der Waals surface area contributed by atoms with Gasteiger partial charge in [-0.2, -0.15) is 4.31 Å². The van der Waals surface area contributed by atoms with Crippen molar-refractivity contribution in [1.82, 2.24) is 19.0 Å². The highest BCUT2D eigenvalue weighted by Crippen LogP contribution is 2.21. The molecule has 2 fully saturated rings. The fourth-order valence-corrected chi connectivity index (χ4v) is 5.89. The van der Waals surface area contributed by atoms with Crippen molar-refractivity contribution in [2.24, 2.45) is 5.92 Å². The van der Waals surface area contributed by atoms with Gasteiger partial charge in [-0.25, -0.2) is 8.42 Å². The van der Waals surface area contributed by atoms with Crippen molar-refractivity contribution < 1.29 is 18.0 Å². The number of piperidine rings is 1. The minimum absolute atomic E-state index is 0.00596. The monoisotopic (exact) mass is 478 g/mol. The van der Waals surface area contributed by atoms with Gasteiger partial charge in [-0.3, -0.25) is 14.5 Å². The largest absolute Gasteiger partial charge is 0.346 e. The van der Waals surface area contributed by atoms with E-state index in [2.05, 4.69) is 6.92 Å². The number of unbranched alkanes of at least 4 members (excludes halogenated alkanes) is 1. The van der Waals surface area contributed by atoms with Gasteiger partial charge in [0.05, 0.1) is 11.4 Å². The number of carbonyl (C=O) groups is 2.